The summed E-state index contributed by atoms with van der Waals surface area (Å²) in [5.41, 5.74) is 8.27. The lowest BCUT2D eigenvalue weighted by atomic mass is 9.90. The van der Waals surface area contributed by atoms with Crippen LogP contribution in [0.15, 0.2) is 71.5 Å². The fourth-order valence-corrected chi connectivity index (χ4v) is 4.38. The van der Waals surface area contributed by atoms with Gasteiger partial charge in [0, 0.05) is 18.6 Å². The van der Waals surface area contributed by atoms with Gasteiger partial charge >= 0.3 is 5.69 Å². The van der Waals surface area contributed by atoms with Crippen LogP contribution in [-0.2, 0) is 11.2 Å². The number of methoxy groups -OCH3 is 3. The van der Waals surface area contributed by atoms with Crippen molar-refractivity contribution >= 4 is 5.84 Å². The van der Waals surface area contributed by atoms with E-state index in [1.54, 1.807) is 45.6 Å². The zero-order chi connectivity index (χ0) is 27.9. The number of H-pyrrole nitrogens is 1. The van der Waals surface area contributed by atoms with E-state index in [0.717, 1.165) is 11.1 Å². The average Bonchev–Trinajstić information content (AvgIpc) is 3.33. The molecule has 0 aliphatic carbocycles. The fraction of sp³-hybridized carbons (Fsp3) is 0.276. The highest BCUT2D eigenvalue weighted by atomic mass is 16.5. The molecule has 0 amide bonds. The number of nitrogen functional groups attached to an aromatic ring is 1. The molecule has 10 heteroatoms. The maximum Gasteiger partial charge on any atom is 0.348 e. The first-order valence-corrected chi connectivity index (χ1v) is 12.4. The number of benzene rings is 3. The van der Waals surface area contributed by atoms with E-state index in [9.17, 15) is 4.79 Å². The Morgan fingerprint density at radius 1 is 1.00 bits per heavy atom. The SMILES string of the molecule is COCC(C)Oc1ccc(C(Cc2ccc(C(=N)N)cc2)c2nn(-c3ccccc3OC)c(=O)[nH]2)cc1OC. The summed E-state index contributed by atoms with van der Waals surface area (Å²) in [6, 6.07) is 20.3. The summed E-state index contributed by atoms with van der Waals surface area (Å²) in [7, 11) is 4.76. The Kier molecular flexibility index (Phi) is 8.67. The highest BCUT2D eigenvalue weighted by Gasteiger charge is 2.23. The summed E-state index contributed by atoms with van der Waals surface area (Å²) in [5, 5.41) is 12.4. The second-order valence-electron chi connectivity index (χ2n) is 9.06. The fourth-order valence-electron chi connectivity index (χ4n) is 4.38. The maximum atomic E-state index is 13.1. The zero-order valence-corrected chi connectivity index (χ0v) is 22.4. The number of amidine groups is 1. The van der Waals surface area contributed by atoms with Crippen LogP contribution in [0.1, 0.15) is 35.4 Å². The van der Waals surface area contributed by atoms with Crippen molar-refractivity contribution in [1.82, 2.24) is 14.8 Å². The van der Waals surface area contributed by atoms with Gasteiger partial charge < -0.3 is 24.7 Å². The second-order valence-corrected chi connectivity index (χ2v) is 9.06. The first-order valence-electron chi connectivity index (χ1n) is 12.4. The van der Waals surface area contributed by atoms with Gasteiger partial charge in [0.2, 0.25) is 0 Å². The van der Waals surface area contributed by atoms with Crippen LogP contribution in [0.3, 0.4) is 0 Å². The van der Waals surface area contributed by atoms with Crippen molar-refractivity contribution in [1.29, 1.82) is 5.41 Å². The second kappa shape index (κ2) is 12.3. The van der Waals surface area contributed by atoms with Crippen molar-refractivity contribution in [2.75, 3.05) is 27.9 Å². The molecular formula is C29H33N5O5. The predicted octanol–water partition coefficient (Wildman–Crippen LogP) is 3.65. The maximum absolute atomic E-state index is 13.1. The van der Waals surface area contributed by atoms with Gasteiger partial charge in [-0.05, 0) is 48.7 Å². The van der Waals surface area contributed by atoms with Crippen molar-refractivity contribution in [3.63, 3.8) is 0 Å². The predicted molar refractivity (Wildman–Crippen MR) is 149 cm³/mol. The van der Waals surface area contributed by atoms with Crippen molar-refractivity contribution in [2.45, 2.75) is 25.4 Å². The third kappa shape index (κ3) is 6.29. The van der Waals surface area contributed by atoms with Gasteiger partial charge in [-0.3, -0.25) is 10.4 Å². The van der Waals surface area contributed by atoms with Crippen molar-refractivity contribution < 1.29 is 18.9 Å². The molecule has 0 saturated carbocycles. The molecule has 4 aromatic rings. The molecule has 4 rings (SSSR count). The molecule has 0 radical (unpaired) electrons. The van der Waals surface area contributed by atoms with Crippen LogP contribution in [0.25, 0.3) is 5.69 Å². The first kappa shape index (κ1) is 27.5. The van der Waals surface area contributed by atoms with E-state index >= 15 is 0 Å². The zero-order valence-electron chi connectivity index (χ0n) is 22.4. The van der Waals surface area contributed by atoms with Gasteiger partial charge in [-0.25, -0.2) is 4.79 Å². The molecule has 0 spiro atoms. The number of rotatable bonds is 12. The van der Waals surface area contributed by atoms with Crippen LogP contribution >= 0.6 is 0 Å². The number of nitrogens with zero attached hydrogens (tertiary/aromatic N) is 2. The molecule has 3 aromatic carbocycles. The van der Waals surface area contributed by atoms with E-state index in [1.165, 1.54) is 4.68 Å². The molecular weight excluding hydrogens is 498 g/mol. The Morgan fingerprint density at radius 2 is 1.72 bits per heavy atom. The molecule has 10 nitrogen and oxygen atoms in total. The minimum atomic E-state index is -0.383. The quantitative estimate of drug-likeness (QED) is 0.187. The lowest BCUT2D eigenvalue weighted by molar-refractivity contribution is 0.0899. The van der Waals surface area contributed by atoms with Crippen molar-refractivity contribution in [3.05, 3.63) is 99.7 Å². The number of para-hydroxylation sites is 2. The van der Waals surface area contributed by atoms with Gasteiger partial charge in [0.1, 0.15) is 29.2 Å². The number of nitrogens with one attached hydrogen (secondary N) is 2. The monoisotopic (exact) mass is 531 g/mol. The van der Waals surface area contributed by atoms with Crippen LogP contribution in [0, 0.1) is 5.41 Å². The summed E-state index contributed by atoms with van der Waals surface area (Å²) < 4.78 is 23.6. The Morgan fingerprint density at radius 3 is 2.38 bits per heavy atom. The number of nitrogens with two attached hydrogens (primary N) is 1. The average molecular weight is 532 g/mol. The molecule has 4 N–H and O–H groups in total. The van der Waals surface area contributed by atoms with Crippen LogP contribution in [0.5, 0.6) is 17.2 Å². The Labute approximate surface area is 226 Å². The normalized spacial score (nSPS) is 12.5. The highest BCUT2D eigenvalue weighted by molar-refractivity contribution is 5.94. The number of hydrogen-bond donors (Lipinski definition) is 3. The van der Waals surface area contributed by atoms with Gasteiger partial charge in [-0.2, -0.15) is 4.68 Å². The summed E-state index contributed by atoms with van der Waals surface area (Å²) >= 11 is 0. The Balaban J connectivity index is 1.77. The number of aromatic nitrogens is 3. The number of ether oxygens (including phenoxy) is 4. The van der Waals surface area contributed by atoms with E-state index < -0.39 is 0 Å². The lowest BCUT2D eigenvalue weighted by Crippen LogP contribution is -2.18. The smallest absolute Gasteiger partial charge is 0.348 e. The minimum absolute atomic E-state index is 0.000933. The van der Waals surface area contributed by atoms with Crippen LogP contribution in [-0.4, -0.2) is 54.6 Å². The molecule has 1 aromatic heterocycles. The van der Waals surface area contributed by atoms with E-state index in [2.05, 4.69) is 10.1 Å². The van der Waals surface area contributed by atoms with Crippen molar-refractivity contribution in [2.24, 2.45) is 5.73 Å². The first-order chi connectivity index (χ1) is 18.8. The molecule has 2 atom stereocenters. The molecule has 39 heavy (non-hydrogen) atoms. The van der Waals surface area contributed by atoms with Crippen molar-refractivity contribution in [3.8, 4) is 22.9 Å². The van der Waals surface area contributed by atoms with E-state index in [1.807, 2.05) is 49.4 Å². The lowest BCUT2D eigenvalue weighted by Gasteiger charge is -2.20. The van der Waals surface area contributed by atoms with Gasteiger partial charge in [0.05, 0.1) is 20.8 Å². The van der Waals surface area contributed by atoms with Crippen LogP contribution < -0.4 is 25.6 Å². The third-order valence-corrected chi connectivity index (χ3v) is 6.30. The largest absolute Gasteiger partial charge is 0.494 e. The summed E-state index contributed by atoms with van der Waals surface area (Å²) in [4.78, 5) is 16.0. The molecule has 2 unspecified atom stereocenters. The topological polar surface area (TPSA) is 137 Å². The molecule has 0 bridgehead atoms. The van der Waals surface area contributed by atoms with Gasteiger partial charge in [0.25, 0.3) is 0 Å². The highest BCUT2D eigenvalue weighted by Crippen LogP contribution is 2.35. The van der Waals surface area contributed by atoms with Crippen LogP contribution in [0.2, 0.25) is 0 Å². The van der Waals surface area contributed by atoms with E-state index in [-0.39, 0.29) is 23.5 Å². The summed E-state index contributed by atoms with van der Waals surface area (Å²) in [6.07, 6.45) is 0.346. The summed E-state index contributed by atoms with van der Waals surface area (Å²) in [6.45, 7) is 2.35. The van der Waals surface area contributed by atoms with Gasteiger partial charge in [-0.1, -0.05) is 42.5 Å². The molecule has 0 fully saturated rings. The minimum Gasteiger partial charge on any atom is -0.494 e. The van der Waals surface area contributed by atoms with Gasteiger partial charge in [0.15, 0.2) is 11.5 Å². The van der Waals surface area contributed by atoms with Gasteiger partial charge in [-0.15, -0.1) is 5.10 Å². The standard InChI is InChI=1S/C29H33N5O5/c1-18(17-36-2)39-25-14-13-21(16-26(25)38-4)22(15-19-9-11-20(12-10-19)27(30)31)28-32-29(35)34(33-28)23-7-5-6-8-24(23)37-3/h5-14,16,18,22H,15,17H2,1-4H3,(H3,30,31)(H,32,33,35). The molecule has 204 valence electrons. The number of hydrogen-bond acceptors (Lipinski definition) is 7. The Hall–Kier alpha value is -4.57. The van der Waals surface area contributed by atoms with E-state index in [0.29, 0.717) is 47.4 Å². The third-order valence-electron chi connectivity index (χ3n) is 6.30. The molecule has 0 aliphatic rings. The molecule has 1 heterocycles. The Bertz CT molecular complexity index is 1480. The number of aromatic amines is 1. The molecule has 0 saturated heterocycles. The van der Waals surface area contributed by atoms with Crippen LogP contribution in [0.4, 0.5) is 0 Å². The van der Waals surface area contributed by atoms with E-state index in [4.69, 9.17) is 30.1 Å². The summed E-state index contributed by atoms with van der Waals surface area (Å²) in [5.74, 6) is 1.81. The molecule has 0 aliphatic heterocycles.